The van der Waals surface area contributed by atoms with E-state index in [1.165, 1.54) is 0 Å². The highest BCUT2D eigenvalue weighted by Crippen LogP contribution is 2.34. The summed E-state index contributed by atoms with van der Waals surface area (Å²) in [6.45, 7) is 0. The summed E-state index contributed by atoms with van der Waals surface area (Å²) in [6, 6.07) is 8.63. The molecular formula is C13H8BrF3N2OS. The Morgan fingerprint density at radius 2 is 1.86 bits per heavy atom. The molecule has 1 heterocycles. The number of aromatic nitrogens is 1. The fraction of sp³-hybridized carbons (Fsp3) is 0.0769. The van der Waals surface area contributed by atoms with Crippen LogP contribution in [0.2, 0.25) is 0 Å². The number of thiocarbonyl (C=S) groups is 1. The van der Waals surface area contributed by atoms with E-state index in [1.54, 1.807) is 24.3 Å². The van der Waals surface area contributed by atoms with Gasteiger partial charge in [-0.2, -0.15) is 13.2 Å². The van der Waals surface area contributed by atoms with E-state index in [0.29, 0.717) is 10.2 Å². The number of nitrogens with zero attached hydrogens (tertiary/aromatic N) is 1. The average Bonchev–Trinajstić information content (AvgIpc) is 2.40. The van der Waals surface area contributed by atoms with Gasteiger partial charge in [0, 0.05) is 0 Å². The third-order valence-electron chi connectivity index (χ3n) is 2.46. The first-order valence-electron chi connectivity index (χ1n) is 5.59. The molecule has 2 N–H and O–H groups in total. The highest BCUT2D eigenvalue weighted by molar-refractivity contribution is 9.10. The van der Waals surface area contributed by atoms with Gasteiger partial charge in [0.1, 0.15) is 16.4 Å². The molecule has 0 aliphatic carbocycles. The third-order valence-corrected chi connectivity index (χ3v) is 3.33. The van der Waals surface area contributed by atoms with Gasteiger partial charge in [0.15, 0.2) is 0 Å². The van der Waals surface area contributed by atoms with Gasteiger partial charge < -0.3 is 10.5 Å². The number of hydrogen-bond donors (Lipinski definition) is 1. The minimum absolute atomic E-state index is 0.0988. The van der Waals surface area contributed by atoms with Crippen LogP contribution in [0, 0.1) is 0 Å². The minimum atomic E-state index is -4.58. The molecule has 0 saturated heterocycles. The zero-order chi connectivity index (χ0) is 15.6. The van der Waals surface area contributed by atoms with Crippen LogP contribution >= 0.6 is 28.1 Å². The van der Waals surface area contributed by atoms with Gasteiger partial charge in [-0.3, -0.25) is 0 Å². The molecule has 0 saturated carbocycles. The second kappa shape index (κ2) is 5.98. The van der Waals surface area contributed by atoms with Crippen molar-refractivity contribution in [2.24, 2.45) is 5.73 Å². The lowest BCUT2D eigenvalue weighted by Gasteiger charge is -2.13. The Labute approximate surface area is 132 Å². The van der Waals surface area contributed by atoms with Gasteiger partial charge in [-0.1, -0.05) is 24.4 Å². The molecule has 2 rings (SSSR count). The van der Waals surface area contributed by atoms with Crippen LogP contribution in [-0.4, -0.2) is 9.97 Å². The van der Waals surface area contributed by atoms with Gasteiger partial charge >= 0.3 is 6.18 Å². The first-order valence-corrected chi connectivity index (χ1v) is 6.79. The SMILES string of the molecule is NC(=S)c1ccc(C(F)(F)F)nc1Oc1ccccc1Br. The monoisotopic (exact) mass is 376 g/mol. The minimum Gasteiger partial charge on any atom is -0.437 e. The number of pyridine rings is 1. The lowest BCUT2D eigenvalue weighted by atomic mass is 10.2. The molecule has 110 valence electrons. The first kappa shape index (κ1) is 15.7. The van der Waals surface area contributed by atoms with Crippen LogP contribution in [0.5, 0.6) is 11.6 Å². The Bertz CT molecular complexity index is 691. The number of alkyl halides is 3. The van der Waals surface area contributed by atoms with Crippen LogP contribution in [0.3, 0.4) is 0 Å². The number of halogens is 4. The van der Waals surface area contributed by atoms with E-state index in [9.17, 15) is 13.2 Å². The Morgan fingerprint density at radius 3 is 2.43 bits per heavy atom. The number of nitrogens with two attached hydrogens (primary N) is 1. The molecule has 0 aliphatic heterocycles. The van der Waals surface area contributed by atoms with Gasteiger partial charge in [-0.25, -0.2) is 4.98 Å². The van der Waals surface area contributed by atoms with Gasteiger partial charge in [0.05, 0.1) is 10.0 Å². The molecule has 0 spiro atoms. The maximum atomic E-state index is 12.7. The van der Waals surface area contributed by atoms with Crippen LogP contribution in [0.15, 0.2) is 40.9 Å². The fourth-order valence-electron chi connectivity index (χ4n) is 1.50. The van der Waals surface area contributed by atoms with Gasteiger partial charge in [-0.15, -0.1) is 0 Å². The van der Waals surface area contributed by atoms with E-state index in [-0.39, 0.29) is 16.4 Å². The molecule has 21 heavy (non-hydrogen) atoms. The van der Waals surface area contributed by atoms with Crippen molar-refractivity contribution in [2.45, 2.75) is 6.18 Å². The van der Waals surface area contributed by atoms with Crippen molar-refractivity contribution in [1.29, 1.82) is 0 Å². The third kappa shape index (κ3) is 3.70. The summed E-state index contributed by atoms with van der Waals surface area (Å²) in [6.07, 6.45) is -4.58. The molecule has 0 aliphatic rings. The molecule has 0 unspecified atom stereocenters. The lowest BCUT2D eigenvalue weighted by molar-refractivity contribution is -0.141. The Hall–Kier alpha value is -1.67. The second-order valence-corrected chi connectivity index (χ2v) is 5.24. The van der Waals surface area contributed by atoms with E-state index >= 15 is 0 Å². The molecule has 0 bridgehead atoms. The number of ether oxygens (including phenoxy) is 1. The highest BCUT2D eigenvalue weighted by atomic mass is 79.9. The summed E-state index contributed by atoms with van der Waals surface area (Å²) in [4.78, 5) is 3.37. The van der Waals surface area contributed by atoms with E-state index in [4.69, 9.17) is 22.7 Å². The summed E-state index contributed by atoms with van der Waals surface area (Å²) in [5, 5.41) is 0. The number of para-hydroxylation sites is 1. The van der Waals surface area contributed by atoms with Crippen molar-refractivity contribution < 1.29 is 17.9 Å². The van der Waals surface area contributed by atoms with Crippen LogP contribution in [0.25, 0.3) is 0 Å². The number of rotatable bonds is 3. The topological polar surface area (TPSA) is 48.1 Å². The normalized spacial score (nSPS) is 11.2. The zero-order valence-corrected chi connectivity index (χ0v) is 12.7. The molecule has 0 fully saturated rings. The van der Waals surface area contributed by atoms with Crippen molar-refractivity contribution in [3.8, 4) is 11.6 Å². The Kier molecular flexibility index (Phi) is 4.48. The number of benzene rings is 1. The van der Waals surface area contributed by atoms with Crippen LogP contribution in [0.1, 0.15) is 11.3 Å². The molecule has 0 radical (unpaired) electrons. The smallest absolute Gasteiger partial charge is 0.433 e. The summed E-state index contributed by atoms with van der Waals surface area (Å²) in [7, 11) is 0. The zero-order valence-electron chi connectivity index (χ0n) is 10.3. The number of hydrogen-bond acceptors (Lipinski definition) is 3. The van der Waals surface area contributed by atoms with Crippen molar-refractivity contribution >= 4 is 33.1 Å². The summed E-state index contributed by atoms with van der Waals surface area (Å²) < 4.78 is 44.2. The molecule has 0 amide bonds. The van der Waals surface area contributed by atoms with Crippen LogP contribution in [0.4, 0.5) is 13.2 Å². The Morgan fingerprint density at radius 1 is 1.19 bits per heavy atom. The highest BCUT2D eigenvalue weighted by Gasteiger charge is 2.33. The molecule has 8 heteroatoms. The largest absolute Gasteiger partial charge is 0.437 e. The van der Waals surface area contributed by atoms with Gasteiger partial charge in [-0.05, 0) is 40.2 Å². The summed E-state index contributed by atoms with van der Waals surface area (Å²) in [5.74, 6) is 0.0195. The standard InChI is InChI=1S/C13H8BrF3N2OS/c14-8-3-1-2-4-9(8)20-12-7(11(18)21)5-6-10(19-12)13(15,16)17/h1-6H,(H2,18,21). The van der Waals surface area contributed by atoms with Crippen LogP contribution < -0.4 is 10.5 Å². The molecule has 3 nitrogen and oxygen atoms in total. The van der Waals surface area contributed by atoms with Crippen LogP contribution in [-0.2, 0) is 6.18 Å². The maximum Gasteiger partial charge on any atom is 0.433 e. The van der Waals surface area contributed by atoms with Gasteiger partial charge in [0.2, 0.25) is 5.88 Å². The Balaban J connectivity index is 2.49. The summed E-state index contributed by atoms with van der Waals surface area (Å²) >= 11 is 8.03. The van der Waals surface area contributed by atoms with E-state index in [2.05, 4.69) is 20.9 Å². The molecular weight excluding hydrogens is 369 g/mol. The van der Waals surface area contributed by atoms with Crippen molar-refractivity contribution in [1.82, 2.24) is 4.98 Å². The molecule has 2 aromatic rings. The second-order valence-electron chi connectivity index (χ2n) is 3.94. The molecule has 1 aromatic carbocycles. The predicted octanol–water partition coefficient (Wildman–Crippen LogP) is 4.29. The predicted molar refractivity (Wildman–Crippen MR) is 79.3 cm³/mol. The molecule has 0 atom stereocenters. The van der Waals surface area contributed by atoms with Crippen molar-refractivity contribution in [3.05, 3.63) is 52.1 Å². The van der Waals surface area contributed by atoms with E-state index in [1.807, 2.05) is 0 Å². The average molecular weight is 377 g/mol. The van der Waals surface area contributed by atoms with Crippen molar-refractivity contribution in [3.63, 3.8) is 0 Å². The first-order chi connectivity index (χ1) is 9.79. The van der Waals surface area contributed by atoms with Crippen molar-refractivity contribution in [2.75, 3.05) is 0 Å². The quantitative estimate of drug-likeness (QED) is 0.811. The summed E-state index contributed by atoms with van der Waals surface area (Å²) in [5.41, 5.74) is 4.54. The van der Waals surface area contributed by atoms with E-state index < -0.39 is 11.9 Å². The van der Waals surface area contributed by atoms with E-state index in [0.717, 1.165) is 12.1 Å². The molecule has 1 aromatic heterocycles. The maximum absolute atomic E-state index is 12.7. The fourth-order valence-corrected chi connectivity index (χ4v) is 2.02. The lowest BCUT2D eigenvalue weighted by Crippen LogP contribution is -2.15. The van der Waals surface area contributed by atoms with Gasteiger partial charge in [0.25, 0.3) is 0 Å².